The minimum atomic E-state index is -3.14. The van der Waals surface area contributed by atoms with Crippen molar-refractivity contribution in [2.75, 3.05) is 13.7 Å². The summed E-state index contributed by atoms with van der Waals surface area (Å²) in [6.45, 7) is 2.29. The summed E-state index contributed by atoms with van der Waals surface area (Å²) in [4.78, 5) is 0. The number of ether oxygens (including phenoxy) is 1. The number of hydrogen-bond donors (Lipinski definition) is 1. The molecular weight excluding hydrogens is 250 g/mol. The summed E-state index contributed by atoms with van der Waals surface area (Å²) in [5.74, 6) is 0. The smallest absolute Gasteiger partial charge is 0.214 e. The van der Waals surface area contributed by atoms with Crippen molar-refractivity contribution in [3.8, 4) is 0 Å². The summed E-state index contributed by atoms with van der Waals surface area (Å²) in [7, 11) is -1.54. The lowest BCUT2D eigenvalue weighted by atomic mass is 10.0. The second kappa shape index (κ2) is 5.38. The third-order valence-electron chi connectivity index (χ3n) is 3.25. The van der Waals surface area contributed by atoms with E-state index in [9.17, 15) is 8.42 Å². The van der Waals surface area contributed by atoms with Gasteiger partial charge in [0.15, 0.2) is 0 Å². The Bertz CT molecular complexity index is 509. The Morgan fingerprint density at radius 3 is 2.61 bits per heavy atom. The molecule has 0 heterocycles. The zero-order valence-electron chi connectivity index (χ0n) is 10.7. The molecule has 0 bridgehead atoms. The number of methoxy groups -OCH3 is 1. The summed E-state index contributed by atoms with van der Waals surface area (Å²) < 4.78 is 31.6. The highest BCUT2D eigenvalue weighted by Crippen LogP contribution is 2.28. The molecule has 0 radical (unpaired) electrons. The number of aryl methyl sites for hydroxylation is 1. The molecule has 1 aromatic carbocycles. The zero-order chi connectivity index (χ0) is 13.2. The van der Waals surface area contributed by atoms with Crippen molar-refractivity contribution >= 4 is 10.0 Å². The van der Waals surface area contributed by atoms with E-state index < -0.39 is 10.0 Å². The van der Waals surface area contributed by atoms with E-state index in [1.807, 2.05) is 31.2 Å². The van der Waals surface area contributed by atoms with E-state index in [2.05, 4.69) is 4.72 Å². The maximum atomic E-state index is 11.8. The summed E-state index contributed by atoms with van der Waals surface area (Å²) in [6, 6.07) is 7.86. The van der Waals surface area contributed by atoms with Crippen molar-refractivity contribution in [2.45, 2.75) is 31.1 Å². The van der Waals surface area contributed by atoms with E-state index >= 15 is 0 Å². The third-order valence-corrected chi connectivity index (χ3v) is 5.17. The molecule has 1 saturated carbocycles. The normalized spacial score (nSPS) is 17.7. The van der Waals surface area contributed by atoms with Gasteiger partial charge < -0.3 is 4.74 Å². The van der Waals surface area contributed by atoms with Crippen LogP contribution in [0, 0.1) is 6.92 Å². The topological polar surface area (TPSA) is 55.4 Å². The lowest BCUT2D eigenvalue weighted by Gasteiger charge is -2.18. The standard InChI is InChI=1S/C13H19NO3S/c1-10-5-3-4-6-12(10)13(17-2)9-14-18(15,16)11-7-8-11/h3-6,11,13-14H,7-9H2,1-2H3. The molecule has 0 spiro atoms. The Kier molecular flexibility index (Phi) is 4.04. The van der Waals surface area contributed by atoms with Crippen molar-refractivity contribution in [3.63, 3.8) is 0 Å². The van der Waals surface area contributed by atoms with E-state index in [0.29, 0.717) is 6.54 Å². The summed E-state index contributed by atoms with van der Waals surface area (Å²) >= 11 is 0. The van der Waals surface area contributed by atoms with E-state index in [0.717, 1.165) is 24.0 Å². The first-order chi connectivity index (χ1) is 8.54. The van der Waals surface area contributed by atoms with Gasteiger partial charge >= 0.3 is 0 Å². The average Bonchev–Trinajstić information content (AvgIpc) is 3.16. The number of sulfonamides is 1. The van der Waals surface area contributed by atoms with Crippen molar-refractivity contribution in [1.29, 1.82) is 0 Å². The van der Waals surface area contributed by atoms with Crippen molar-refractivity contribution in [2.24, 2.45) is 0 Å². The largest absolute Gasteiger partial charge is 0.375 e. The van der Waals surface area contributed by atoms with Gasteiger partial charge in [0.05, 0.1) is 11.4 Å². The minimum Gasteiger partial charge on any atom is -0.375 e. The van der Waals surface area contributed by atoms with Gasteiger partial charge in [-0.3, -0.25) is 0 Å². The Labute approximate surface area is 108 Å². The Balaban J connectivity index is 2.04. The predicted octanol–water partition coefficient (Wildman–Crippen LogP) is 1.76. The molecular formula is C13H19NO3S. The first-order valence-electron chi connectivity index (χ1n) is 6.11. The van der Waals surface area contributed by atoms with E-state index in [1.54, 1.807) is 7.11 Å². The Morgan fingerprint density at radius 1 is 1.39 bits per heavy atom. The second-order valence-electron chi connectivity index (χ2n) is 4.67. The second-order valence-corrected chi connectivity index (χ2v) is 6.72. The molecule has 1 unspecified atom stereocenters. The van der Waals surface area contributed by atoms with Crippen molar-refractivity contribution < 1.29 is 13.2 Å². The van der Waals surface area contributed by atoms with Crippen LogP contribution < -0.4 is 4.72 Å². The van der Waals surface area contributed by atoms with Gasteiger partial charge in [0, 0.05) is 13.7 Å². The molecule has 4 nitrogen and oxygen atoms in total. The first kappa shape index (κ1) is 13.5. The SMILES string of the molecule is COC(CNS(=O)(=O)C1CC1)c1ccccc1C. The van der Waals surface area contributed by atoms with E-state index in [4.69, 9.17) is 4.74 Å². The maximum absolute atomic E-state index is 11.8. The molecule has 1 fully saturated rings. The van der Waals surface area contributed by atoms with Gasteiger partial charge in [-0.2, -0.15) is 0 Å². The fourth-order valence-corrected chi connectivity index (χ4v) is 3.33. The van der Waals surface area contributed by atoms with Gasteiger partial charge in [-0.25, -0.2) is 13.1 Å². The lowest BCUT2D eigenvalue weighted by Crippen LogP contribution is -2.32. The molecule has 0 saturated heterocycles. The summed E-state index contributed by atoms with van der Waals surface area (Å²) in [6.07, 6.45) is 1.31. The van der Waals surface area contributed by atoms with E-state index in [1.165, 1.54) is 0 Å². The third kappa shape index (κ3) is 3.10. The molecule has 1 atom stereocenters. The number of nitrogens with one attached hydrogen (secondary N) is 1. The number of rotatable bonds is 6. The maximum Gasteiger partial charge on any atom is 0.214 e. The molecule has 0 aliphatic heterocycles. The molecule has 2 rings (SSSR count). The minimum absolute atomic E-state index is 0.188. The molecule has 0 amide bonds. The highest BCUT2D eigenvalue weighted by atomic mass is 32.2. The molecule has 1 aliphatic rings. The van der Waals surface area contributed by atoms with Gasteiger partial charge in [-0.15, -0.1) is 0 Å². The predicted molar refractivity (Wildman–Crippen MR) is 70.9 cm³/mol. The van der Waals surface area contributed by atoms with Gasteiger partial charge in [-0.1, -0.05) is 24.3 Å². The van der Waals surface area contributed by atoms with E-state index in [-0.39, 0.29) is 11.4 Å². The first-order valence-corrected chi connectivity index (χ1v) is 7.66. The number of benzene rings is 1. The van der Waals surface area contributed by atoms with Crippen LogP contribution in [0.15, 0.2) is 24.3 Å². The molecule has 5 heteroatoms. The van der Waals surface area contributed by atoms with Gasteiger partial charge in [0.1, 0.15) is 0 Å². The van der Waals surface area contributed by atoms with Gasteiger partial charge in [0.2, 0.25) is 10.0 Å². The van der Waals surface area contributed by atoms with Crippen LogP contribution in [0.4, 0.5) is 0 Å². The van der Waals surface area contributed by atoms with Crippen molar-refractivity contribution in [1.82, 2.24) is 4.72 Å². The van der Waals surface area contributed by atoms with Crippen LogP contribution in [0.3, 0.4) is 0 Å². The van der Waals surface area contributed by atoms with Gasteiger partial charge in [0.25, 0.3) is 0 Å². The van der Waals surface area contributed by atoms with Crippen LogP contribution in [-0.2, 0) is 14.8 Å². The number of hydrogen-bond acceptors (Lipinski definition) is 3. The monoisotopic (exact) mass is 269 g/mol. The summed E-state index contributed by atoms with van der Waals surface area (Å²) in [5, 5.41) is -0.188. The Hall–Kier alpha value is -0.910. The Morgan fingerprint density at radius 2 is 2.06 bits per heavy atom. The molecule has 1 aliphatic carbocycles. The van der Waals surface area contributed by atoms with Crippen LogP contribution in [0.5, 0.6) is 0 Å². The van der Waals surface area contributed by atoms with Crippen molar-refractivity contribution in [3.05, 3.63) is 35.4 Å². The van der Waals surface area contributed by atoms with Crippen LogP contribution in [0.2, 0.25) is 0 Å². The lowest BCUT2D eigenvalue weighted by molar-refractivity contribution is 0.107. The summed E-state index contributed by atoms with van der Waals surface area (Å²) in [5.41, 5.74) is 2.13. The van der Waals surface area contributed by atoms with Crippen LogP contribution >= 0.6 is 0 Å². The van der Waals surface area contributed by atoms with Crippen LogP contribution in [0.1, 0.15) is 30.1 Å². The zero-order valence-corrected chi connectivity index (χ0v) is 11.5. The quantitative estimate of drug-likeness (QED) is 0.856. The average molecular weight is 269 g/mol. The fraction of sp³-hybridized carbons (Fsp3) is 0.538. The molecule has 100 valence electrons. The molecule has 1 N–H and O–H groups in total. The fourth-order valence-electron chi connectivity index (χ4n) is 1.96. The van der Waals surface area contributed by atoms with Gasteiger partial charge in [-0.05, 0) is 30.9 Å². The van der Waals surface area contributed by atoms with Crippen LogP contribution in [-0.4, -0.2) is 27.3 Å². The molecule has 18 heavy (non-hydrogen) atoms. The van der Waals surface area contributed by atoms with Crippen LogP contribution in [0.25, 0.3) is 0 Å². The molecule has 1 aromatic rings. The highest BCUT2D eigenvalue weighted by Gasteiger charge is 2.35. The molecule has 0 aromatic heterocycles. The highest BCUT2D eigenvalue weighted by molar-refractivity contribution is 7.90.